The van der Waals surface area contributed by atoms with Gasteiger partial charge in [0.1, 0.15) is 12.2 Å². The Morgan fingerprint density at radius 1 is 1.33 bits per heavy atom. The maximum Gasteiger partial charge on any atom is 0.163 e. The quantitative estimate of drug-likeness (QED) is 0.486. The lowest BCUT2D eigenvalue weighted by Gasteiger charge is -2.28. The van der Waals surface area contributed by atoms with Crippen molar-refractivity contribution in [2.45, 2.75) is 44.4 Å². The van der Waals surface area contributed by atoms with E-state index in [1.54, 1.807) is 0 Å². The molecule has 3 rings (SSSR count). The number of azide groups is 1. The van der Waals surface area contributed by atoms with Crippen LogP contribution in [0.2, 0.25) is 0 Å². The van der Waals surface area contributed by atoms with Crippen molar-refractivity contribution in [3.63, 3.8) is 0 Å². The topological polar surface area (TPSA) is 70.5 Å². The minimum atomic E-state index is -0.553. The van der Waals surface area contributed by atoms with E-state index in [0.717, 1.165) is 13.1 Å². The first-order valence-electron chi connectivity index (χ1n) is 7.23. The van der Waals surface area contributed by atoms with E-state index in [4.69, 9.17) is 15.0 Å². The predicted molar refractivity (Wildman–Crippen MR) is 78.5 cm³/mol. The molecule has 0 unspecified atom stereocenters. The average molecular weight is 288 g/mol. The van der Waals surface area contributed by atoms with Gasteiger partial charge < -0.3 is 9.47 Å². The van der Waals surface area contributed by atoms with Gasteiger partial charge in [0.2, 0.25) is 0 Å². The lowest BCUT2D eigenvalue weighted by atomic mass is 10.1. The minimum Gasteiger partial charge on any atom is -0.343 e. The normalized spacial score (nSPS) is 30.9. The first-order valence-corrected chi connectivity index (χ1v) is 7.23. The van der Waals surface area contributed by atoms with E-state index in [2.05, 4.69) is 27.1 Å². The van der Waals surface area contributed by atoms with Crippen LogP contribution in [0.4, 0.5) is 0 Å². The predicted octanol–water partition coefficient (Wildman–Crippen LogP) is 2.70. The zero-order valence-corrected chi connectivity index (χ0v) is 12.3. The third-order valence-corrected chi connectivity index (χ3v) is 4.04. The number of hydrogen-bond donors (Lipinski definition) is 0. The van der Waals surface area contributed by atoms with E-state index in [9.17, 15) is 0 Å². The Kier molecular flexibility index (Phi) is 3.87. The van der Waals surface area contributed by atoms with Crippen molar-refractivity contribution >= 4 is 0 Å². The second kappa shape index (κ2) is 5.66. The number of ether oxygens (including phenoxy) is 2. The summed E-state index contributed by atoms with van der Waals surface area (Å²) in [7, 11) is 0. The molecule has 2 heterocycles. The van der Waals surface area contributed by atoms with Crippen LogP contribution in [0.25, 0.3) is 10.4 Å². The van der Waals surface area contributed by atoms with Crippen LogP contribution in [0.3, 0.4) is 0 Å². The summed E-state index contributed by atoms with van der Waals surface area (Å²) in [5.74, 6) is -0.553. The minimum absolute atomic E-state index is 0.0331. The third-order valence-electron chi connectivity index (χ3n) is 4.04. The smallest absolute Gasteiger partial charge is 0.163 e. The Bertz CT molecular complexity index is 542. The molecule has 0 bridgehead atoms. The van der Waals surface area contributed by atoms with Crippen molar-refractivity contribution in [1.82, 2.24) is 4.90 Å². The maximum absolute atomic E-state index is 8.61. The molecule has 112 valence electrons. The fraction of sp³-hybridized carbons (Fsp3) is 0.600. The highest BCUT2D eigenvalue weighted by Crippen LogP contribution is 2.37. The monoisotopic (exact) mass is 288 g/mol. The van der Waals surface area contributed by atoms with Crippen molar-refractivity contribution in [1.29, 1.82) is 0 Å². The first kappa shape index (κ1) is 14.4. The largest absolute Gasteiger partial charge is 0.343 e. The fourth-order valence-corrected chi connectivity index (χ4v) is 3.24. The summed E-state index contributed by atoms with van der Waals surface area (Å²) in [5, 5.41) is 3.76. The second-order valence-electron chi connectivity index (χ2n) is 6.03. The van der Waals surface area contributed by atoms with Crippen molar-refractivity contribution in [3.8, 4) is 0 Å². The highest BCUT2D eigenvalue weighted by Gasteiger charge is 2.51. The standard InChI is InChI=1S/C15H20N4O2/c1-15(2)20-13-10-19(9-11-6-4-3-5-7-11)12(8-17-18-16)14(13)21-15/h3-7,12-14H,8-10H2,1-2H3/t12-,13-,14+/m0/s1. The zero-order chi connectivity index (χ0) is 14.9. The van der Waals surface area contributed by atoms with Gasteiger partial charge >= 0.3 is 0 Å². The molecule has 0 aromatic heterocycles. The molecule has 2 fully saturated rings. The Morgan fingerprint density at radius 3 is 2.81 bits per heavy atom. The molecule has 3 atom stereocenters. The van der Waals surface area contributed by atoms with Crippen LogP contribution in [0, 0.1) is 0 Å². The van der Waals surface area contributed by atoms with Gasteiger partial charge in [-0.1, -0.05) is 35.4 Å². The van der Waals surface area contributed by atoms with Crippen LogP contribution in [-0.4, -0.2) is 42.0 Å². The highest BCUT2D eigenvalue weighted by molar-refractivity contribution is 5.15. The van der Waals surface area contributed by atoms with Gasteiger partial charge in [0.05, 0.1) is 0 Å². The van der Waals surface area contributed by atoms with E-state index >= 15 is 0 Å². The SMILES string of the molecule is CC1(C)O[C@H]2[C@H](CN(Cc3ccccc3)[C@H]2CN=[N+]=[N-])O1. The molecule has 0 N–H and O–H groups in total. The summed E-state index contributed by atoms with van der Waals surface area (Å²) in [4.78, 5) is 5.18. The van der Waals surface area contributed by atoms with E-state index in [-0.39, 0.29) is 18.2 Å². The molecule has 2 aliphatic heterocycles. The molecule has 2 saturated heterocycles. The molecule has 0 amide bonds. The van der Waals surface area contributed by atoms with E-state index < -0.39 is 5.79 Å². The van der Waals surface area contributed by atoms with Crippen LogP contribution < -0.4 is 0 Å². The van der Waals surface area contributed by atoms with E-state index in [0.29, 0.717) is 6.54 Å². The highest BCUT2D eigenvalue weighted by atomic mass is 16.8. The Labute approximate surface area is 124 Å². The fourth-order valence-electron chi connectivity index (χ4n) is 3.24. The van der Waals surface area contributed by atoms with Gasteiger partial charge in [-0.25, -0.2) is 0 Å². The third kappa shape index (κ3) is 3.04. The number of hydrogen-bond acceptors (Lipinski definition) is 4. The second-order valence-corrected chi connectivity index (χ2v) is 6.03. The lowest BCUT2D eigenvalue weighted by Crippen LogP contribution is -2.40. The lowest BCUT2D eigenvalue weighted by molar-refractivity contribution is -0.161. The van der Waals surface area contributed by atoms with Gasteiger partial charge in [-0.05, 0) is 24.9 Å². The van der Waals surface area contributed by atoms with Gasteiger partial charge in [0.15, 0.2) is 5.79 Å². The molecule has 0 radical (unpaired) electrons. The van der Waals surface area contributed by atoms with Gasteiger partial charge in [0.25, 0.3) is 0 Å². The van der Waals surface area contributed by atoms with Crippen LogP contribution in [-0.2, 0) is 16.0 Å². The van der Waals surface area contributed by atoms with Gasteiger partial charge in [-0.2, -0.15) is 0 Å². The molecule has 0 aliphatic carbocycles. The summed E-state index contributed by atoms with van der Waals surface area (Å²) in [6.45, 7) is 5.88. The molecular formula is C15H20N4O2. The number of rotatable bonds is 4. The molecule has 1 aromatic carbocycles. The number of benzene rings is 1. The molecular weight excluding hydrogens is 268 g/mol. The Balaban J connectivity index is 1.76. The van der Waals surface area contributed by atoms with Gasteiger partial charge in [-0.3, -0.25) is 4.90 Å². The Morgan fingerprint density at radius 2 is 2.10 bits per heavy atom. The molecule has 0 saturated carbocycles. The zero-order valence-electron chi connectivity index (χ0n) is 12.3. The van der Waals surface area contributed by atoms with Crippen LogP contribution in [0.15, 0.2) is 35.4 Å². The van der Waals surface area contributed by atoms with Crippen LogP contribution in [0.1, 0.15) is 19.4 Å². The van der Waals surface area contributed by atoms with E-state index in [1.165, 1.54) is 5.56 Å². The number of fused-ring (bicyclic) bond motifs is 1. The van der Waals surface area contributed by atoms with Crippen molar-refractivity contribution in [2.24, 2.45) is 5.11 Å². The number of nitrogens with zero attached hydrogens (tertiary/aromatic N) is 4. The molecule has 6 nitrogen and oxygen atoms in total. The first-order chi connectivity index (χ1) is 10.1. The summed E-state index contributed by atoms with van der Waals surface area (Å²) < 4.78 is 12.0. The van der Waals surface area contributed by atoms with Crippen LogP contribution >= 0.6 is 0 Å². The molecule has 0 spiro atoms. The average Bonchev–Trinajstić information content (AvgIpc) is 2.89. The molecule has 6 heteroatoms. The summed E-state index contributed by atoms with van der Waals surface area (Å²) >= 11 is 0. The van der Waals surface area contributed by atoms with Gasteiger partial charge in [-0.15, -0.1) is 0 Å². The molecule has 2 aliphatic rings. The maximum atomic E-state index is 8.61. The Hall–Kier alpha value is -1.59. The summed E-state index contributed by atoms with van der Waals surface area (Å²) in [5.41, 5.74) is 9.85. The van der Waals surface area contributed by atoms with Crippen molar-refractivity contribution in [2.75, 3.05) is 13.1 Å². The molecule has 1 aromatic rings. The van der Waals surface area contributed by atoms with Crippen molar-refractivity contribution < 1.29 is 9.47 Å². The summed E-state index contributed by atoms with van der Waals surface area (Å²) in [6.07, 6.45) is 0.0109. The summed E-state index contributed by atoms with van der Waals surface area (Å²) in [6, 6.07) is 10.3. The van der Waals surface area contributed by atoms with Crippen LogP contribution in [0.5, 0.6) is 0 Å². The number of likely N-dealkylation sites (tertiary alicyclic amines) is 1. The van der Waals surface area contributed by atoms with Crippen molar-refractivity contribution in [3.05, 3.63) is 46.3 Å². The molecule has 21 heavy (non-hydrogen) atoms. The van der Waals surface area contributed by atoms with Gasteiger partial charge in [0, 0.05) is 30.6 Å². The van der Waals surface area contributed by atoms with E-state index in [1.807, 2.05) is 32.0 Å².